The summed E-state index contributed by atoms with van der Waals surface area (Å²) in [7, 11) is 1.48. The Balaban J connectivity index is 3.08. The van der Waals surface area contributed by atoms with Gasteiger partial charge in [0, 0.05) is 6.07 Å². The lowest BCUT2D eigenvalue weighted by atomic mass is 10.3. The van der Waals surface area contributed by atoms with Crippen molar-refractivity contribution < 1.29 is 9.53 Å². The van der Waals surface area contributed by atoms with Gasteiger partial charge in [-0.1, -0.05) is 35.8 Å². The monoisotopic (exact) mass is 251 g/mol. The van der Waals surface area contributed by atoms with Crippen LogP contribution in [0.3, 0.4) is 0 Å². The van der Waals surface area contributed by atoms with Crippen LogP contribution in [0.5, 0.6) is 5.75 Å². The van der Waals surface area contributed by atoms with Gasteiger partial charge in [0.25, 0.3) is 5.24 Å². The number of halogens is 2. The molecule has 1 aromatic rings. The van der Waals surface area contributed by atoms with Crippen molar-refractivity contribution in [2.24, 2.45) is 0 Å². The molecule has 0 spiro atoms. The van der Waals surface area contributed by atoms with Crippen LogP contribution in [0.4, 0.5) is 10.5 Å². The molecule has 1 aromatic carbocycles. The average Bonchev–Trinajstić information content (AvgIpc) is 2.10. The maximum Gasteiger partial charge on any atom is 0.280 e. The number of amides is 1. The summed E-state index contributed by atoms with van der Waals surface area (Å²) in [6.07, 6.45) is 0. The fourth-order valence-corrected chi connectivity index (χ4v) is 1.46. The zero-order valence-electron chi connectivity index (χ0n) is 7.17. The van der Waals surface area contributed by atoms with E-state index in [2.05, 4.69) is 17.9 Å². The molecule has 14 heavy (non-hydrogen) atoms. The van der Waals surface area contributed by atoms with Crippen molar-refractivity contribution in [2.75, 3.05) is 12.4 Å². The Labute approximate surface area is 96.7 Å². The lowest BCUT2D eigenvalue weighted by Gasteiger charge is -2.08. The van der Waals surface area contributed by atoms with Crippen LogP contribution >= 0.6 is 35.8 Å². The number of ether oxygens (including phenoxy) is 1. The number of carbonyl (C=O) groups is 1. The molecule has 0 unspecified atom stereocenters. The number of rotatable bonds is 2. The Hall–Kier alpha value is -0.580. The average molecular weight is 252 g/mol. The third-order valence-electron chi connectivity index (χ3n) is 1.48. The second-order valence-electron chi connectivity index (χ2n) is 2.40. The number of methoxy groups -OCH3 is 1. The molecule has 1 N–H and O–H groups in total. The van der Waals surface area contributed by atoms with Crippen molar-refractivity contribution in [2.45, 2.75) is 0 Å². The highest BCUT2D eigenvalue weighted by atomic mass is 35.5. The molecule has 0 aliphatic heterocycles. The maximum absolute atomic E-state index is 10.7. The van der Waals surface area contributed by atoms with Crippen LogP contribution in [0.25, 0.3) is 0 Å². The molecule has 1 amide bonds. The van der Waals surface area contributed by atoms with Gasteiger partial charge in [0.1, 0.15) is 5.75 Å². The normalized spacial score (nSPS) is 9.71. The Morgan fingerprint density at radius 1 is 1.43 bits per heavy atom. The molecule has 0 aliphatic rings. The van der Waals surface area contributed by atoms with Crippen LogP contribution < -0.4 is 10.1 Å². The SMILES string of the molecule is COc1cc(Cl)c(NC(=O)S)cc1Cl. The summed E-state index contributed by atoms with van der Waals surface area (Å²) in [6, 6.07) is 3.01. The molecule has 3 nitrogen and oxygen atoms in total. The molecule has 1 rings (SSSR count). The molecule has 0 bridgehead atoms. The number of hydrogen-bond donors (Lipinski definition) is 2. The summed E-state index contributed by atoms with van der Waals surface area (Å²) in [6.45, 7) is 0. The van der Waals surface area contributed by atoms with E-state index in [4.69, 9.17) is 27.9 Å². The van der Waals surface area contributed by atoms with Gasteiger partial charge in [-0.05, 0) is 6.07 Å². The van der Waals surface area contributed by atoms with Gasteiger partial charge in [-0.3, -0.25) is 4.79 Å². The highest BCUT2D eigenvalue weighted by Crippen LogP contribution is 2.34. The number of nitrogens with one attached hydrogen (secondary N) is 1. The van der Waals surface area contributed by atoms with E-state index in [1.807, 2.05) is 0 Å². The predicted molar refractivity (Wildman–Crippen MR) is 61.0 cm³/mol. The molecule has 0 aliphatic carbocycles. The Bertz CT molecular complexity index is 371. The van der Waals surface area contributed by atoms with E-state index in [9.17, 15) is 4.79 Å². The van der Waals surface area contributed by atoms with Crippen molar-refractivity contribution in [3.05, 3.63) is 22.2 Å². The topological polar surface area (TPSA) is 38.3 Å². The van der Waals surface area contributed by atoms with Crippen LogP contribution in [0.15, 0.2) is 12.1 Å². The Morgan fingerprint density at radius 3 is 2.57 bits per heavy atom. The number of benzene rings is 1. The molecule has 0 saturated heterocycles. The predicted octanol–water partition coefficient (Wildman–Crippen LogP) is 3.46. The van der Waals surface area contributed by atoms with Crippen molar-refractivity contribution in [3.63, 3.8) is 0 Å². The van der Waals surface area contributed by atoms with Gasteiger partial charge >= 0.3 is 0 Å². The van der Waals surface area contributed by atoms with Crippen LogP contribution in [0, 0.1) is 0 Å². The zero-order valence-corrected chi connectivity index (χ0v) is 9.58. The molecular formula is C8H7Cl2NO2S. The minimum absolute atomic E-state index is 0.341. The van der Waals surface area contributed by atoms with Crippen LogP contribution in [-0.4, -0.2) is 12.3 Å². The molecule has 0 radical (unpaired) electrons. The second kappa shape index (κ2) is 4.77. The third-order valence-corrected chi connectivity index (χ3v) is 2.20. The summed E-state index contributed by atoms with van der Waals surface area (Å²) in [5.74, 6) is 0.453. The van der Waals surface area contributed by atoms with Gasteiger partial charge in [-0.25, -0.2) is 0 Å². The highest BCUT2D eigenvalue weighted by Gasteiger charge is 2.08. The lowest BCUT2D eigenvalue weighted by Crippen LogP contribution is -2.02. The summed E-state index contributed by atoms with van der Waals surface area (Å²) < 4.78 is 4.94. The first kappa shape index (κ1) is 11.5. The maximum atomic E-state index is 10.7. The van der Waals surface area contributed by atoms with Gasteiger partial charge in [-0.15, -0.1) is 0 Å². The van der Waals surface area contributed by atoms with Crippen molar-refractivity contribution in [1.29, 1.82) is 0 Å². The fourth-order valence-electron chi connectivity index (χ4n) is 0.896. The molecule has 0 fully saturated rings. The van der Waals surface area contributed by atoms with Gasteiger partial charge in [0.05, 0.1) is 22.8 Å². The number of anilines is 1. The molecule has 6 heteroatoms. The Morgan fingerprint density at radius 2 is 2.07 bits per heavy atom. The zero-order chi connectivity index (χ0) is 10.7. The Kier molecular flexibility index (Phi) is 3.92. The number of thiol groups is 1. The number of carbonyl (C=O) groups excluding carboxylic acids is 1. The van der Waals surface area contributed by atoms with Crippen molar-refractivity contribution >= 4 is 46.8 Å². The highest BCUT2D eigenvalue weighted by molar-refractivity contribution is 7.96. The smallest absolute Gasteiger partial charge is 0.280 e. The fraction of sp³-hybridized carbons (Fsp3) is 0.125. The van der Waals surface area contributed by atoms with Gasteiger partial charge < -0.3 is 10.1 Å². The summed E-state index contributed by atoms with van der Waals surface area (Å²) >= 11 is 15.2. The first-order valence-electron chi connectivity index (χ1n) is 3.57. The van der Waals surface area contributed by atoms with E-state index >= 15 is 0 Å². The molecule has 0 atom stereocenters. The summed E-state index contributed by atoms with van der Waals surface area (Å²) in [5, 5.41) is 2.62. The van der Waals surface area contributed by atoms with E-state index in [-0.39, 0.29) is 0 Å². The third kappa shape index (κ3) is 2.70. The van der Waals surface area contributed by atoms with E-state index in [1.54, 1.807) is 0 Å². The first-order valence-corrected chi connectivity index (χ1v) is 4.78. The standard InChI is InChI=1S/C8H7Cl2NO2S/c1-13-7-3-4(9)6(2-5(7)10)11-8(12)14/h2-3H,1H3,(H2,11,12,14). The second-order valence-corrected chi connectivity index (χ2v) is 3.62. The number of hydrogen-bond acceptors (Lipinski definition) is 2. The lowest BCUT2D eigenvalue weighted by molar-refractivity contribution is 0.270. The minimum Gasteiger partial charge on any atom is -0.495 e. The molecule has 0 aromatic heterocycles. The van der Waals surface area contributed by atoms with E-state index < -0.39 is 5.24 Å². The largest absolute Gasteiger partial charge is 0.495 e. The van der Waals surface area contributed by atoms with Gasteiger partial charge in [0.2, 0.25) is 0 Å². The summed E-state index contributed by atoms with van der Waals surface area (Å²) in [5.41, 5.74) is 0.400. The molecule has 0 saturated carbocycles. The van der Waals surface area contributed by atoms with Crippen molar-refractivity contribution in [1.82, 2.24) is 0 Å². The quantitative estimate of drug-likeness (QED) is 0.791. The minimum atomic E-state index is -0.506. The summed E-state index contributed by atoms with van der Waals surface area (Å²) in [4.78, 5) is 10.7. The van der Waals surface area contributed by atoms with E-state index in [1.165, 1.54) is 19.2 Å². The van der Waals surface area contributed by atoms with Crippen molar-refractivity contribution in [3.8, 4) is 5.75 Å². The van der Waals surface area contributed by atoms with Gasteiger partial charge in [0.15, 0.2) is 0 Å². The van der Waals surface area contributed by atoms with Crippen LogP contribution in [0.2, 0.25) is 10.0 Å². The van der Waals surface area contributed by atoms with Crippen LogP contribution in [0.1, 0.15) is 0 Å². The molecular weight excluding hydrogens is 245 g/mol. The molecule has 76 valence electrons. The van der Waals surface area contributed by atoms with Gasteiger partial charge in [-0.2, -0.15) is 0 Å². The van der Waals surface area contributed by atoms with E-state index in [0.717, 1.165) is 0 Å². The molecule has 0 heterocycles. The first-order chi connectivity index (χ1) is 6.54. The van der Waals surface area contributed by atoms with E-state index in [0.29, 0.717) is 21.5 Å². The van der Waals surface area contributed by atoms with Crippen LogP contribution in [-0.2, 0) is 0 Å².